The third-order valence-electron chi connectivity index (χ3n) is 8.56. The molecule has 0 spiro atoms. The second-order valence-electron chi connectivity index (χ2n) is 10.2. The van der Waals surface area contributed by atoms with E-state index in [1.54, 1.807) is 0 Å². The summed E-state index contributed by atoms with van der Waals surface area (Å²) in [5.74, 6) is -0.125. The van der Waals surface area contributed by atoms with Crippen molar-refractivity contribution in [3.8, 4) is 12.3 Å². The summed E-state index contributed by atoms with van der Waals surface area (Å²) in [6, 6.07) is 9.89. The standard InChI is InChI=1S/C27H32O6/c1-5-27(31)15-18(17-9-7-6-8-10-17)13-19-20(27)11-12-26(3)21(25(30)32-4)14-22(33-16(2)28)24(29)23(19)26/h1,6-10,18-23,31H,11-15H2,2-4H3/t18-,19+,20-,21+,22+,23+,26+,27-/m1/s1. The van der Waals surface area contributed by atoms with Gasteiger partial charge >= 0.3 is 11.9 Å². The number of aliphatic hydroxyl groups is 1. The van der Waals surface area contributed by atoms with Crippen LogP contribution in [0.15, 0.2) is 30.3 Å². The molecule has 3 fully saturated rings. The van der Waals surface area contributed by atoms with Crippen LogP contribution in [0.25, 0.3) is 0 Å². The molecule has 3 aliphatic rings. The number of hydrogen-bond donors (Lipinski definition) is 1. The minimum Gasteiger partial charge on any atom is -0.469 e. The Hall–Kier alpha value is -2.65. The number of methoxy groups -OCH3 is 1. The predicted octanol–water partition coefficient (Wildman–Crippen LogP) is 3.27. The molecule has 0 aromatic heterocycles. The van der Waals surface area contributed by atoms with E-state index in [0.29, 0.717) is 25.7 Å². The fourth-order valence-corrected chi connectivity index (χ4v) is 7.08. The van der Waals surface area contributed by atoms with E-state index < -0.39 is 40.9 Å². The van der Waals surface area contributed by atoms with E-state index in [0.717, 1.165) is 5.56 Å². The van der Waals surface area contributed by atoms with Crippen LogP contribution in [0.5, 0.6) is 0 Å². The highest BCUT2D eigenvalue weighted by Crippen LogP contribution is 2.62. The Morgan fingerprint density at radius 3 is 2.52 bits per heavy atom. The molecular weight excluding hydrogens is 420 g/mol. The van der Waals surface area contributed by atoms with Crippen LogP contribution in [0.4, 0.5) is 0 Å². The van der Waals surface area contributed by atoms with Crippen molar-refractivity contribution in [3.05, 3.63) is 35.9 Å². The summed E-state index contributed by atoms with van der Waals surface area (Å²) in [6.07, 6.45) is 7.30. The molecule has 0 amide bonds. The first-order chi connectivity index (χ1) is 15.6. The first-order valence-corrected chi connectivity index (χ1v) is 11.7. The second kappa shape index (κ2) is 8.61. The van der Waals surface area contributed by atoms with E-state index >= 15 is 0 Å². The summed E-state index contributed by atoms with van der Waals surface area (Å²) in [6.45, 7) is 3.24. The first kappa shape index (κ1) is 23.5. The molecule has 3 aliphatic carbocycles. The van der Waals surface area contributed by atoms with Gasteiger partial charge in [-0.2, -0.15) is 0 Å². The molecule has 4 rings (SSSR count). The molecule has 1 N–H and O–H groups in total. The van der Waals surface area contributed by atoms with Gasteiger partial charge in [0.15, 0.2) is 11.9 Å². The summed E-state index contributed by atoms with van der Waals surface area (Å²) in [4.78, 5) is 38.4. The number of esters is 2. The average Bonchev–Trinajstić information content (AvgIpc) is 2.80. The third kappa shape index (κ3) is 3.87. The molecule has 0 unspecified atom stereocenters. The van der Waals surface area contributed by atoms with Crippen molar-refractivity contribution in [2.75, 3.05) is 7.11 Å². The lowest BCUT2D eigenvalue weighted by molar-refractivity contribution is -0.189. The first-order valence-electron chi connectivity index (χ1n) is 11.7. The Bertz CT molecular complexity index is 980. The van der Waals surface area contributed by atoms with Crippen molar-refractivity contribution in [2.45, 2.75) is 63.6 Å². The number of terminal acetylenes is 1. The van der Waals surface area contributed by atoms with Gasteiger partial charge in [-0.3, -0.25) is 14.4 Å². The van der Waals surface area contributed by atoms with Gasteiger partial charge in [0.2, 0.25) is 0 Å². The minimum atomic E-state index is -1.35. The van der Waals surface area contributed by atoms with E-state index in [2.05, 4.69) is 5.92 Å². The van der Waals surface area contributed by atoms with Crippen LogP contribution in [0.1, 0.15) is 57.4 Å². The monoisotopic (exact) mass is 452 g/mol. The maximum Gasteiger partial charge on any atom is 0.309 e. The van der Waals surface area contributed by atoms with E-state index in [9.17, 15) is 19.5 Å². The Kier molecular flexibility index (Phi) is 6.13. The van der Waals surface area contributed by atoms with Gasteiger partial charge in [0, 0.05) is 25.2 Å². The van der Waals surface area contributed by atoms with Crippen molar-refractivity contribution in [1.29, 1.82) is 0 Å². The molecule has 0 radical (unpaired) electrons. The molecule has 3 saturated carbocycles. The zero-order chi connectivity index (χ0) is 24.0. The van der Waals surface area contributed by atoms with E-state index in [1.165, 1.54) is 14.0 Å². The number of fused-ring (bicyclic) bond motifs is 3. The van der Waals surface area contributed by atoms with Crippen LogP contribution in [-0.4, -0.2) is 41.6 Å². The van der Waals surface area contributed by atoms with Crippen molar-refractivity contribution in [2.24, 2.45) is 29.1 Å². The molecule has 6 nitrogen and oxygen atoms in total. The fraction of sp³-hybridized carbons (Fsp3) is 0.593. The second-order valence-corrected chi connectivity index (χ2v) is 10.2. The summed E-state index contributed by atoms with van der Waals surface area (Å²) in [5, 5.41) is 11.6. The lowest BCUT2D eigenvalue weighted by Gasteiger charge is -2.59. The van der Waals surface area contributed by atoms with Crippen LogP contribution < -0.4 is 0 Å². The lowest BCUT2D eigenvalue weighted by Crippen LogP contribution is -2.63. The van der Waals surface area contributed by atoms with E-state index in [-0.39, 0.29) is 30.0 Å². The van der Waals surface area contributed by atoms with Crippen molar-refractivity contribution in [3.63, 3.8) is 0 Å². The Morgan fingerprint density at radius 1 is 1.21 bits per heavy atom. The highest BCUT2D eigenvalue weighted by Gasteiger charge is 2.64. The molecular formula is C27H32O6. The minimum absolute atomic E-state index is 0.0191. The molecule has 8 atom stereocenters. The van der Waals surface area contributed by atoms with Crippen LogP contribution >= 0.6 is 0 Å². The maximum atomic E-state index is 13.8. The fourth-order valence-electron chi connectivity index (χ4n) is 7.08. The van der Waals surface area contributed by atoms with Gasteiger partial charge in [0.05, 0.1) is 13.0 Å². The number of benzene rings is 1. The molecule has 176 valence electrons. The van der Waals surface area contributed by atoms with Gasteiger partial charge in [0.1, 0.15) is 5.60 Å². The van der Waals surface area contributed by atoms with Crippen LogP contribution in [0.3, 0.4) is 0 Å². The largest absolute Gasteiger partial charge is 0.469 e. The molecule has 0 saturated heterocycles. The summed E-state index contributed by atoms with van der Waals surface area (Å²) in [7, 11) is 1.34. The molecule has 0 aliphatic heterocycles. The van der Waals surface area contributed by atoms with Crippen molar-refractivity contribution >= 4 is 17.7 Å². The lowest BCUT2D eigenvalue weighted by atomic mass is 9.44. The molecule has 33 heavy (non-hydrogen) atoms. The highest BCUT2D eigenvalue weighted by atomic mass is 16.5. The summed E-state index contributed by atoms with van der Waals surface area (Å²) in [5.41, 5.74) is -0.933. The Balaban J connectivity index is 1.79. The summed E-state index contributed by atoms with van der Waals surface area (Å²) >= 11 is 0. The number of rotatable bonds is 3. The molecule has 0 heterocycles. The number of carbonyl (C=O) groups is 3. The van der Waals surface area contributed by atoms with Gasteiger partial charge in [0.25, 0.3) is 0 Å². The topological polar surface area (TPSA) is 89.9 Å². The van der Waals surface area contributed by atoms with Gasteiger partial charge in [-0.15, -0.1) is 6.42 Å². The highest BCUT2D eigenvalue weighted by molar-refractivity contribution is 5.91. The van der Waals surface area contributed by atoms with Crippen LogP contribution in [-0.2, 0) is 23.9 Å². The quantitative estimate of drug-likeness (QED) is 0.559. The van der Waals surface area contributed by atoms with E-state index in [1.807, 2.05) is 37.3 Å². The van der Waals surface area contributed by atoms with E-state index in [4.69, 9.17) is 15.9 Å². The number of ether oxygens (including phenoxy) is 2. The summed E-state index contributed by atoms with van der Waals surface area (Å²) < 4.78 is 10.5. The zero-order valence-corrected chi connectivity index (χ0v) is 19.5. The van der Waals surface area contributed by atoms with Gasteiger partial charge in [-0.25, -0.2) is 0 Å². The van der Waals surface area contributed by atoms with Crippen LogP contribution in [0, 0.1) is 41.4 Å². The third-order valence-corrected chi connectivity index (χ3v) is 8.56. The predicted molar refractivity (Wildman–Crippen MR) is 121 cm³/mol. The molecule has 1 aromatic carbocycles. The van der Waals surface area contributed by atoms with Crippen molar-refractivity contribution in [1.82, 2.24) is 0 Å². The normalized spacial score (nSPS) is 40.0. The Morgan fingerprint density at radius 2 is 1.91 bits per heavy atom. The molecule has 1 aromatic rings. The average molecular weight is 453 g/mol. The number of Topliss-reactive ketones (excluding diaryl/α,β-unsaturated/α-hetero) is 1. The number of carbonyl (C=O) groups excluding carboxylic acids is 3. The van der Waals surface area contributed by atoms with Crippen molar-refractivity contribution < 1.29 is 29.0 Å². The number of hydrogen-bond acceptors (Lipinski definition) is 6. The Labute approximate surface area is 195 Å². The zero-order valence-electron chi connectivity index (χ0n) is 19.5. The van der Waals surface area contributed by atoms with Gasteiger partial charge in [-0.1, -0.05) is 43.2 Å². The van der Waals surface area contributed by atoms with Crippen LogP contribution in [0.2, 0.25) is 0 Å². The smallest absolute Gasteiger partial charge is 0.309 e. The van der Waals surface area contributed by atoms with Gasteiger partial charge < -0.3 is 14.6 Å². The van der Waals surface area contributed by atoms with Gasteiger partial charge in [-0.05, 0) is 48.5 Å². The maximum absolute atomic E-state index is 13.8. The molecule has 6 heteroatoms. The molecule has 0 bridgehead atoms. The SMILES string of the molecule is C#C[C@@]1(O)C[C@H](c2ccccc2)C[C@@H]2[C@H]3C(=O)[C@@H](OC(C)=O)C[C@@H](C(=O)OC)[C@]3(C)CC[C@H]21. The number of ketones is 1.